The summed E-state index contributed by atoms with van der Waals surface area (Å²) >= 11 is 4.56. The van der Waals surface area contributed by atoms with Gasteiger partial charge in [0.25, 0.3) is 0 Å². The summed E-state index contributed by atoms with van der Waals surface area (Å²) in [5, 5.41) is 22.5. The Bertz CT molecular complexity index is 439. The average Bonchev–Trinajstić information content (AvgIpc) is 2.24. The molecule has 0 amide bonds. The van der Waals surface area contributed by atoms with Gasteiger partial charge in [0.1, 0.15) is 5.75 Å². The van der Waals surface area contributed by atoms with Gasteiger partial charge in [-0.05, 0) is 19.1 Å². The van der Waals surface area contributed by atoms with E-state index in [9.17, 15) is 5.11 Å². The summed E-state index contributed by atoms with van der Waals surface area (Å²) in [6.45, 7) is 1.41. The molecule has 0 saturated heterocycles. The van der Waals surface area contributed by atoms with E-state index in [1.165, 1.54) is 12.4 Å². The minimum atomic E-state index is -0.241. The van der Waals surface area contributed by atoms with Crippen molar-refractivity contribution in [3.8, 4) is 5.75 Å². The number of aliphatic hydroxyl groups excluding tert-OH is 1. The topological polar surface area (TPSA) is 104 Å². The summed E-state index contributed by atoms with van der Waals surface area (Å²) in [4.78, 5) is 3.91. The molecule has 0 aliphatic carbocycles. The van der Waals surface area contributed by atoms with E-state index >= 15 is 0 Å². The summed E-state index contributed by atoms with van der Waals surface area (Å²) in [6.07, 6.45) is 2.80. The van der Waals surface area contributed by atoms with Crippen molar-refractivity contribution in [2.75, 3.05) is 0 Å². The number of aromatic hydroxyl groups is 1. The number of aryl methyl sites for hydroxylation is 1. The molecule has 6 nitrogen and oxygen atoms in total. The fraction of sp³-hybridized carbons (Fsp3) is 0.222. The first-order chi connectivity index (χ1) is 7.56. The first-order valence-electron chi connectivity index (χ1n) is 4.43. The van der Waals surface area contributed by atoms with Crippen molar-refractivity contribution in [2.24, 2.45) is 10.8 Å². The van der Waals surface area contributed by atoms with E-state index in [4.69, 9.17) is 10.8 Å². The molecule has 8 heteroatoms. The maximum atomic E-state index is 9.72. The smallest absolute Gasteiger partial charge is 0.184 e. The zero-order chi connectivity index (χ0) is 12.1. The molecule has 1 aromatic heterocycles. The predicted molar refractivity (Wildman–Crippen MR) is 64.1 cm³/mol. The predicted octanol–water partition coefficient (Wildman–Crippen LogP) is -0.247. The number of nitrogens with one attached hydrogen (secondary N) is 1. The van der Waals surface area contributed by atoms with E-state index < -0.39 is 0 Å². The number of thiocarbonyl (C=S) groups is 1. The van der Waals surface area contributed by atoms with Gasteiger partial charge in [-0.15, -0.1) is 0 Å². The second kappa shape index (κ2) is 7.18. The van der Waals surface area contributed by atoms with E-state index in [0.717, 1.165) is 0 Å². The largest absolute Gasteiger partial charge is 0.505 e. The second-order valence-corrected chi connectivity index (χ2v) is 3.46. The Hall–Kier alpha value is -1.21. The van der Waals surface area contributed by atoms with E-state index in [2.05, 4.69) is 27.7 Å². The van der Waals surface area contributed by atoms with Crippen molar-refractivity contribution in [2.45, 2.75) is 13.5 Å². The van der Waals surface area contributed by atoms with Crippen molar-refractivity contribution in [1.29, 1.82) is 0 Å². The molecule has 0 saturated carbocycles. The molecular formula is C9H12CuN4O2S. The van der Waals surface area contributed by atoms with Crippen molar-refractivity contribution < 1.29 is 27.3 Å². The van der Waals surface area contributed by atoms with Gasteiger partial charge in [-0.1, -0.05) is 0 Å². The summed E-state index contributed by atoms with van der Waals surface area (Å²) in [5.41, 5.74) is 8.84. The van der Waals surface area contributed by atoms with E-state index in [1.54, 1.807) is 6.92 Å². The van der Waals surface area contributed by atoms with E-state index in [0.29, 0.717) is 16.8 Å². The number of hydrazone groups is 1. The van der Waals surface area contributed by atoms with Crippen LogP contribution in [0.1, 0.15) is 16.8 Å². The molecule has 0 atom stereocenters. The molecule has 5 N–H and O–H groups in total. The number of pyridine rings is 1. The molecule has 97 valence electrons. The normalized spacial score (nSPS) is 10.0. The van der Waals surface area contributed by atoms with Gasteiger partial charge in [-0.25, -0.2) is 0 Å². The fourth-order valence-electron chi connectivity index (χ4n) is 1.08. The van der Waals surface area contributed by atoms with Gasteiger partial charge >= 0.3 is 0 Å². The molecule has 1 rings (SSSR count). The molecule has 1 radical (unpaired) electrons. The van der Waals surface area contributed by atoms with Gasteiger partial charge in [0.2, 0.25) is 0 Å². The van der Waals surface area contributed by atoms with Gasteiger partial charge in [0, 0.05) is 34.4 Å². The van der Waals surface area contributed by atoms with Crippen LogP contribution in [0.25, 0.3) is 0 Å². The Morgan fingerprint density at radius 2 is 2.35 bits per heavy atom. The molecule has 0 spiro atoms. The van der Waals surface area contributed by atoms with Crippen LogP contribution < -0.4 is 11.2 Å². The maximum Gasteiger partial charge on any atom is 0.184 e. The Labute approximate surface area is 114 Å². The number of rotatable bonds is 3. The second-order valence-electron chi connectivity index (χ2n) is 3.02. The molecule has 0 aliphatic heterocycles. The van der Waals surface area contributed by atoms with Crippen LogP contribution in [0.4, 0.5) is 0 Å². The summed E-state index contributed by atoms with van der Waals surface area (Å²) in [5.74, 6) is -0.0277. The minimum Gasteiger partial charge on any atom is -0.505 e. The quantitative estimate of drug-likeness (QED) is 0.266. The Morgan fingerprint density at radius 1 is 1.71 bits per heavy atom. The molecule has 0 aromatic carbocycles. The summed E-state index contributed by atoms with van der Waals surface area (Å²) in [6, 6.07) is 0. The number of aromatic nitrogens is 1. The van der Waals surface area contributed by atoms with Crippen LogP contribution in [0.2, 0.25) is 0 Å². The van der Waals surface area contributed by atoms with Crippen LogP contribution in [-0.4, -0.2) is 26.5 Å². The van der Waals surface area contributed by atoms with Crippen LogP contribution in [-0.2, 0) is 23.7 Å². The molecule has 0 fully saturated rings. The van der Waals surface area contributed by atoms with Gasteiger partial charge < -0.3 is 15.9 Å². The van der Waals surface area contributed by atoms with Crippen LogP contribution in [0, 0.1) is 6.92 Å². The fourth-order valence-corrected chi connectivity index (χ4v) is 1.14. The molecule has 1 heterocycles. The standard InChI is InChI=1S/C9H12N4O2S.Cu/c1-5-8(15)7(3-12-13-9(10)16)6(4-14)2-11-5;/h2-3,14-15H,4H2,1H3,(H3,10,13,16);. The Kier molecular flexibility index (Phi) is 6.67. The van der Waals surface area contributed by atoms with Gasteiger partial charge in [0.05, 0.1) is 18.5 Å². The monoisotopic (exact) mass is 303 g/mol. The van der Waals surface area contributed by atoms with Crippen LogP contribution >= 0.6 is 12.2 Å². The summed E-state index contributed by atoms with van der Waals surface area (Å²) < 4.78 is 0. The summed E-state index contributed by atoms with van der Waals surface area (Å²) in [7, 11) is 0. The van der Waals surface area contributed by atoms with Gasteiger partial charge in [0.15, 0.2) is 5.11 Å². The molecule has 17 heavy (non-hydrogen) atoms. The number of hydrogen-bond acceptors (Lipinski definition) is 5. The van der Waals surface area contributed by atoms with Crippen molar-refractivity contribution >= 4 is 23.5 Å². The molecular weight excluding hydrogens is 292 g/mol. The molecule has 0 unspecified atom stereocenters. The van der Waals surface area contributed by atoms with Crippen molar-refractivity contribution in [3.05, 3.63) is 23.0 Å². The van der Waals surface area contributed by atoms with Crippen molar-refractivity contribution in [1.82, 2.24) is 10.4 Å². The molecule has 0 bridgehead atoms. The number of hydrogen-bond donors (Lipinski definition) is 4. The van der Waals surface area contributed by atoms with E-state index in [1.807, 2.05) is 0 Å². The van der Waals surface area contributed by atoms with Crippen molar-refractivity contribution in [3.63, 3.8) is 0 Å². The third-order valence-corrected chi connectivity index (χ3v) is 1.99. The molecule has 0 aliphatic rings. The molecule has 1 aromatic rings. The third kappa shape index (κ3) is 4.27. The van der Waals surface area contributed by atoms with Crippen LogP contribution in [0.5, 0.6) is 5.75 Å². The SMILES string of the molecule is Cc1ncc(CO)c(C=NNC(N)=S)c1O.[Cu]. The number of aliphatic hydroxyl groups is 1. The first-order valence-corrected chi connectivity index (χ1v) is 4.84. The third-order valence-electron chi connectivity index (χ3n) is 1.90. The Morgan fingerprint density at radius 3 is 2.88 bits per heavy atom. The van der Waals surface area contributed by atoms with Crippen LogP contribution in [0.3, 0.4) is 0 Å². The van der Waals surface area contributed by atoms with Gasteiger partial charge in [-0.3, -0.25) is 10.4 Å². The van der Waals surface area contributed by atoms with E-state index in [-0.39, 0.29) is 34.5 Å². The maximum absolute atomic E-state index is 9.72. The van der Waals surface area contributed by atoms with Gasteiger partial charge in [-0.2, -0.15) is 5.10 Å². The average molecular weight is 304 g/mol. The minimum absolute atomic E-state index is 0. The number of nitrogens with zero attached hydrogens (tertiary/aromatic N) is 2. The zero-order valence-corrected chi connectivity index (χ0v) is 10.7. The Balaban J connectivity index is 0.00000256. The number of nitrogens with two attached hydrogens (primary N) is 1. The first kappa shape index (κ1) is 15.8. The van der Waals surface area contributed by atoms with Crippen LogP contribution in [0.15, 0.2) is 11.3 Å². The zero-order valence-electron chi connectivity index (χ0n) is 8.94.